The van der Waals surface area contributed by atoms with Gasteiger partial charge in [-0.05, 0) is 80.1 Å². The van der Waals surface area contributed by atoms with Gasteiger partial charge in [-0.1, -0.05) is 18.6 Å². The Balaban J connectivity index is 1.38. The zero-order chi connectivity index (χ0) is 23.6. The summed E-state index contributed by atoms with van der Waals surface area (Å²) in [6, 6.07) is 12.4. The Morgan fingerprint density at radius 1 is 0.970 bits per heavy atom. The highest BCUT2D eigenvalue weighted by Gasteiger charge is 2.26. The van der Waals surface area contributed by atoms with Gasteiger partial charge in [-0.2, -0.15) is 0 Å². The van der Waals surface area contributed by atoms with Crippen LogP contribution in [0, 0.1) is 0 Å². The van der Waals surface area contributed by atoms with Crippen molar-refractivity contribution in [3.8, 4) is 17.2 Å². The zero-order valence-electron chi connectivity index (χ0n) is 20.4. The van der Waals surface area contributed by atoms with Crippen LogP contribution in [0.1, 0.15) is 54.8 Å². The van der Waals surface area contributed by atoms with Crippen LogP contribution in [0.25, 0.3) is 0 Å². The van der Waals surface area contributed by atoms with E-state index in [2.05, 4.69) is 24.1 Å². The minimum absolute atomic E-state index is 0.132. The van der Waals surface area contributed by atoms with E-state index in [1.807, 2.05) is 24.3 Å². The Hall–Kier alpha value is -2.73. The molecule has 0 bridgehead atoms. The molecule has 0 fully saturated rings. The molecule has 6 nitrogen and oxygen atoms in total. The highest BCUT2D eigenvalue weighted by molar-refractivity contribution is 5.69. The fraction of sp³-hybridized carbons (Fsp3) is 0.519. The monoisotopic (exact) mass is 455 g/mol. The SMILES string of the molecule is COc1ccc(CCC(=O)OCCCCCC2c3cc(OC)c(OC)cc3CCN2C)cc1. The van der Waals surface area contributed by atoms with Gasteiger partial charge in [-0.3, -0.25) is 9.69 Å². The summed E-state index contributed by atoms with van der Waals surface area (Å²) >= 11 is 0. The summed E-state index contributed by atoms with van der Waals surface area (Å²) in [7, 11) is 7.20. The summed E-state index contributed by atoms with van der Waals surface area (Å²) in [6.07, 6.45) is 6.21. The van der Waals surface area contributed by atoms with E-state index in [0.29, 0.717) is 25.5 Å². The molecule has 3 rings (SSSR count). The third kappa shape index (κ3) is 6.87. The standard InChI is InChI=1S/C27H37NO5/c1-28-16-15-21-18-25(31-3)26(32-4)19-23(21)24(28)8-6-5-7-17-33-27(29)14-11-20-9-12-22(30-2)13-10-20/h9-10,12-13,18-19,24H,5-8,11,14-17H2,1-4H3. The van der Waals surface area contributed by atoms with E-state index in [9.17, 15) is 4.79 Å². The Kier molecular flexibility index (Phi) is 9.43. The first-order chi connectivity index (χ1) is 16.0. The maximum Gasteiger partial charge on any atom is 0.306 e. The molecule has 0 saturated heterocycles. The van der Waals surface area contributed by atoms with Crippen molar-refractivity contribution in [2.24, 2.45) is 0 Å². The predicted octanol–water partition coefficient (Wildman–Crippen LogP) is 4.98. The first kappa shape index (κ1) is 24.9. The molecule has 0 N–H and O–H groups in total. The van der Waals surface area contributed by atoms with Gasteiger partial charge in [-0.25, -0.2) is 0 Å². The fourth-order valence-corrected chi connectivity index (χ4v) is 4.44. The second-order valence-electron chi connectivity index (χ2n) is 8.57. The minimum Gasteiger partial charge on any atom is -0.497 e. The molecule has 0 radical (unpaired) electrons. The Morgan fingerprint density at radius 3 is 2.39 bits per heavy atom. The summed E-state index contributed by atoms with van der Waals surface area (Å²) < 4.78 is 21.6. The van der Waals surface area contributed by atoms with Gasteiger partial charge >= 0.3 is 5.97 Å². The Bertz CT molecular complexity index is 896. The van der Waals surface area contributed by atoms with Gasteiger partial charge in [0, 0.05) is 19.0 Å². The van der Waals surface area contributed by atoms with Gasteiger partial charge < -0.3 is 18.9 Å². The number of benzene rings is 2. The number of rotatable bonds is 12. The maximum atomic E-state index is 12.0. The Labute approximate surface area is 197 Å². The normalized spacial score (nSPS) is 15.6. The number of hydrogen-bond donors (Lipinski definition) is 0. The number of unbranched alkanes of at least 4 members (excludes halogenated alkanes) is 2. The van der Waals surface area contributed by atoms with Gasteiger partial charge in [-0.15, -0.1) is 0 Å². The molecule has 33 heavy (non-hydrogen) atoms. The van der Waals surface area contributed by atoms with Crippen LogP contribution in [0.4, 0.5) is 0 Å². The van der Waals surface area contributed by atoms with Crippen molar-refractivity contribution in [3.05, 3.63) is 53.1 Å². The van der Waals surface area contributed by atoms with Crippen molar-refractivity contribution in [1.29, 1.82) is 0 Å². The van der Waals surface area contributed by atoms with Gasteiger partial charge in [0.2, 0.25) is 0 Å². The van der Waals surface area contributed by atoms with E-state index >= 15 is 0 Å². The van der Waals surface area contributed by atoms with Crippen molar-refractivity contribution >= 4 is 5.97 Å². The number of aryl methyl sites for hydroxylation is 1. The van der Waals surface area contributed by atoms with E-state index in [1.165, 1.54) is 11.1 Å². The lowest BCUT2D eigenvalue weighted by molar-refractivity contribution is -0.143. The third-order valence-corrected chi connectivity index (χ3v) is 6.43. The lowest BCUT2D eigenvalue weighted by atomic mass is 9.89. The maximum absolute atomic E-state index is 12.0. The number of likely N-dealkylation sites (N-methyl/N-ethyl adjacent to an activating group) is 1. The average Bonchev–Trinajstić information content (AvgIpc) is 2.85. The van der Waals surface area contributed by atoms with E-state index < -0.39 is 0 Å². The van der Waals surface area contributed by atoms with Crippen LogP contribution >= 0.6 is 0 Å². The topological polar surface area (TPSA) is 57.2 Å². The fourth-order valence-electron chi connectivity index (χ4n) is 4.44. The lowest BCUT2D eigenvalue weighted by Gasteiger charge is -2.35. The third-order valence-electron chi connectivity index (χ3n) is 6.43. The number of hydrogen-bond acceptors (Lipinski definition) is 6. The van der Waals surface area contributed by atoms with Crippen LogP contribution in [0.5, 0.6) is 17.2 Å². The van der Waals surface area contributed by atoms with Crippen molar-refractivity contribution < 1.29 is 23.7 Å². The number of nitrogens with zero attached hydrogens (tertiary/aromatic N) is 1. The smallest absolute Gasteiger partial charge is 0.306 e. The number of esters is 1. The molecular formula is C27H37NO5. The van der Waals surface area contributed by atoms with E-state index in [4.69, 9.17) is 18.9 Å². The minimum atomic E-state index is -0.132. The van der Waals surface area contributed by atoms with Crippen LogP contribution in [0.3, 0.4) is 0 Å². The highest BCUT2D eigenvalue weighted by atomic mass is 16.5. The number of fused-ring (bicyclic) bond motifs is 1. The first-order valence-corrected chi connectivity index (χ1v) is 11.8. The van der Waals surface area contributed by atoms with Crippen molar-refractivity contribution in [1.82, 2.24) is 4.90 Å². The van der Waals surface area contributed by atoms with Crippen LogP contribution in [0.2, 0.25) is 0 Å². The van der Waals surface area contributed by atoms with Crippen molar-refractivity contribution in [2.75, 3.05) is 41.5 Å². The molecule has 2 aromatic carbocycles. The van der Waals surface area contributed by atoms with Crippen LogP contribution < -0.4 is 14.2 Å². The molecule has 180 valence electrons. The van der Waals surface area contributed by atoms with E-state index in [-0.39, 0.29) is 5.97 Å². The summed E-state index contributed by atoms with van der Waals surface area (Å²) in [5.74, 6) is 2.28. The molecule has 1 aliphatic rings. The molecule has 2 aromatic rings. The summed E-state index contributed by atoms with van der Waals surface area (Å²) in [6.45, 7) is 1.53. The number of carbonyl (C=O) groups excluding carboxylic acids is 1. The van der Waals surface area contributed by atoms with Crippen molar-refractivity contribution in [2.45, 2.75) is 51.0 Å². The molecule has 0 saturated carbocycles. The van der Waals surface area contributed by atoms with Crippen molar-refractivity contribution in [3.63, 3.8) is 0 Å². The molecular weight excluding hydrogens is 418 g/mol. The van der Waals surface area contributed by atoms with E-state index in [1.54, 1.807) is 21.3 Å². The second kappa shape index (κ2) is 12.5. The predicted molar refractivity (Wildman–Crippen MR) is 129 cm³/mol. The second-order valence-corrected chi connectivity index (χ2v) is 8.57. The van der Waals surface area contributed by atoms with Gasteiger partial charge in [0.05, 0.1) is 27.9 Å². The molecule has 1 aliphatic heterocycles. The summed E-state index contributed by atoms with van der Waals surface area (Å²) in [4.78, 5) is 14.5. The molecule has 0 spiro atoms. The number of ether oxygens (including phenoxy) is 4. The molecule has 0 amide bonds. The van der Waals surface area contributed by atoms with E-state index in [0.717, 1.165) is 61.5 Å². The molecule has 0 aliphatic carbocycles. The zero-order valence-corrected chi connectivity index (χ0v) is 20.4. The average molecular weight is 456 g/mol. The van der Waals surface area contributed by atoms with Gasteiger partial charge in [0.1, 0.15) is 5.75 Å². The summed E-state index contributed by atoms with van der Waals surface area (Å²) in [5, 5.41) is 0. The molecule has 0 aromatic heterocycles. The molecule has 1 atom stereocenters. The molecule has 1 heterocycles. The summed E-state index contributed by atoms with van der Waals surface area (Å²) in [5.41, 5.74) is 3.80. The number of carbonyl (C=O) groups is 1. The first-order valence-electron chi connectivity index (χ1n) is 11.8. The lowest BCUT2D eigenvalue weighted by Crippen LogP contribution is -2.32. The molecule has 1 unspecified atom stereocenters. The van der Waals surface area contributed by atoms with Gasteiger partial charge in [0.15, 0.2) is 11.5 Å². The number of methoxy groups -OCH3 is 3. The van der Waals surface area contributed by atoms with Crippen LogP contribution in [-0.4, -0.2) is 52.4 Å². The van der Waals surface area contributed by atoms with Crippen LogP contribution in [0.15, 0.2) is 36.4 Å². The quantitative estimate of drug-likeness (QED) is 0.332. The van der Waals surface area contributed by atoms with Gasteiger partial charge in [0.25, 0.3) is 0 Å². The largest absolute Gasteiger partial charge is 0.497 e. The highest BCUT2D eigenvalue weighted by Crippen LogP contribution is 2.39. The van der Waals surface area contributed by atoms with Crippen LogP contribution in [-0.2, 0) is 22.4 Å². The Morgan fingerprint density at radius 2 is 1.70 bits per heavy atom. The molecule has 6 heteroatoms.